The molecule has 0 aromatic heterocycles. The van der Waals surface area contributed by atoms with Crippen molar-refractivity contribution in [1.29, 1.82) is 10.5 Å². The normalized spacial score (nSPS) is 11.1. The molecular formula is C12H12N2O. The van der Waals surface area contributed by atoms with Crippen LogP contribution in [-0.4, -0.2) is 7.11 Å². The molecule has 1 unspecified atom stereocenters. The van der Waals surface area contributed by atoms with Gasteiger partial charge in [-0.05, 0) is 24.1 Å². The van der Waals surface area contributed by atoms with E-state index in [9.17, 15) is 0 Å². The number of benzene rings is 1. The number of hydrogen-bond donors (Lipinski definition) is 0. The van der Waals surface area contributed by atoms with Gasteiger partial charge in [-0.25, -0.2) is 0 Å². The molecule has 1 atom stereocenters. The summed E-state index contributed by atoms with van der Waals surface area (Å²) in [6.45, 7) is 0. The lowest BCUT2D eigenvalue weighted by Gasteiger charge is -2.06. The largest absolute Gasteiger partial charge is 0.497 e. The second kappa shape index (κ2) is 5.67. The van der Waals surface area contributed by atoms with Crippen molar-refractivity contribution in [3.63, 3.8) is 0 Å². The van der Waals surface area contributed by atoms with Crippen LogP contribution in [0.2, 0.25) is 0 Å². The fourth-order valence-corrected chi connectivity index (χ4v) is 1.36. The molecule has 0 aliphatic rings. The van der Waals surface area contributed by atoms with Gasteiger partial charge in [-0.15, -0.1) is 0 Å². The van der Waals surface area contributed by atoms with E-state index in [1.54, 1.807) is 7.11 Å². The van der Waals surface area contributed by atoms with Gasteiger partial charge in [-0.3, -0.25) is 0 Å². The summed E-state index contributed by atoms with van der Waals surface area (Å²) in [6, 6.07) is 11.7. The quantitative estimate of drug-likeness (QED) is 0.749. The Labute approximate surface area is 89.5 Å². The van der Waals surface area contributed by atoms with Gasteiger partial charge in [0.1, 0.15) is 5.75 Å². The van der Waals surface area contributed by atoms with Crippen molar-refractivity contribution in [3.8, 4) is 17.9 Å². The van der Waals surface area contributed by atoms with Crippen LogP contribution in [0.15, 0.2) is 24.3 Å². The van der Waals surface area contributed by atoms with Crippen LogP contribution in [0.25, 0.3) is 0 Å². The third-order valence-corrected chi connectivity index (χ3v) is 2.14. The Kier molecular flexibility index (Phi) is 4.19. The number of rotatable bonds is 4. The molecular weight excluding hydrogens is 188 g/mol. The van der Waals surface area contributed by atoms with E-state index in [0.717, 1.165) is 11.3 Å². The molecule has 0 radical (unpaired) electrons. The van der Waals surface area contributed by atoms with Crippen molar-refractivity contribution < 1.29 is 4.74 Å². The molecule has 0 saturated carbocycles. The van der Waals surface area contributed by atoms with Crippen LogP contribution in [0.5, 0.6) is 5.75 Å². The average molecular weight is 200 g/mol. The van der Waals surface area contributed by atoms with E-state index in [-0.39, 0.29) is 12.3 Å². The molecule has 0 heterocycles. The molecule has 3 nitrogen and oxygen atoms in total. The summed E-state index contributed by atoms with van der Waals surface area (Å²) in [6.07, 6.45) is 0.870. The zero-order valence-electron chi connectivity index (χ0n) is 8.60. The number of methoxy groups -OCH3 is 1. The van der Waals surface area contributed by atoms with Gasteiger partial charge in [0, 0.05) is 0 Å². The van der Waals surface area contributed by atoms with E-state index in [1.165, 1.54) is 0 Å². The smallest absolute Gasteiger partial charge is 0.119 e. The van der Waals surface area contributed by atoms with E-state index < -0.39 is 0 Å². The summed E-state index contributed by atoms with van der Waals surface area (Å²) < 4.78 is 5.08. The summed E-state index contributed by atoms with van der Waals surface area (Å²) in [4.78, 5) is 0. The molecule has 15 heavy (non-hydrogen) atoms. The zero-order valence-corrected chi connectivity index (χ0v) is 8.60. The first-order valence-corrected chi connectivity index (χ1v) is 4.69. The Balaban J connectivity index is 2.72. The maximum absolute atomic E-state index is 8.81. The second-order valence-corrected chi connectivity index (χ2v) is 3.24. The van der Waals surface area contributed by atoms with Crippen LogP contribution in [-0.2, 0) is 6.42 Å². The summed E-state index contributed by atoms with van der Waals surface area (Å²) >= 11 is 0. The Morgan fingerprint density at radius 2 is 2.20 bits per heavy atom. The standard InChI is InChI=1S/C12H12N2O/c1-15-12-4-2-3-10(8-12)7-11(9-14)5-6-13/h2-4,8,11H,5,7H2,1H3. The third kappa shape index (κ3) is 3.32. The first-order valence-electron chi connectivity index (χ1n) is 4.69. The summed E-state index contributed by atoms with van der Waals surface area (Å²) in [7, 11) is 1.61. The predicted octanol–water partition coefficient (Wildman–Crippen LogP) is 2.29. The predicted molar refractivity (Wildman–Crippen MR) is 56.0 cm³/mol. The second-order valence-electron chi connectivity index (χ2n) is 3.24. The molecule has 0 N–H and O–H groups in total. The SMILES string of the molecule is COc1cccc(CC(C#N)CC#N)c1. The fraction of sp³-hybridized carbons (Fsp3) is 0.333. The van der Waals surface area contributed by atoms with Crippen molar-refractivity contribution >= 4 is 0 Å². The highest BCUT2D eigenvalue weighted by atomic mass is 16.5. The van der Waals surface area contributed by atoms with Crippen molar-refractivity contribution in [3.05, 3.63) is 29.8 Å². The van der Waals surface area contributed by atoms with Crippen LogP contribution in [0, 0.1) is 28.6 Å². The number of nitrogens with zero attached hydrogens (tertiary/aromatic N) is 2. The summed E-state index contributed by atoms with van der Waals surface area (Å²) in [5.41, 5.74) is 1.02. The maximum Gasteiger partial charge on any atom is 0.119 e. The third-order valence-electron chi connectivity index (χ3n) is 2.14. The molecule has 3 heteroatoms. The van der Waals surface area contributed by atoms with Crippen LogP contribution >= 0.6 is 0 Å². The van der Waals surface area contributed by atoms with E-state index in [2.05, 4.69) is 6.07 Å². The van der Waals surface area contributed by atoms with Gasteiger partial charge < -0.3 is 4.74 Å². The topological polar surface area (TPSA) is 56.8 Å². The average Bonchev–Trinajstić information content (AvgIpc) is 2.29. The van der Waals surface area contributed by atoms with Gasteiger partial charge >= 0.3 is 0 Å². The molecule has 0 aliphatic heterocycles. The van der Waals surface area contributed by atoms with Crippen molar-refractivity contribution in [2.75, 3.05) is 7.11 Å². The molecule has 1 aromatic rings. The summed E-state index contributed by atoms with van der Waals surface area (Å²) in [5.74, 6) is 0.545. The monoisotopic (exact) mass is 200 g/mol. The van der Waals surface area contributed by atoms with E-state index >= 15 is 0 Å². The first-order chi connectivity index (χ1) is 7.30. The molecule has 76 valence electrons. The van der Waals surface area contributed by atoms with Crippen LogP contribution in [0.4, 0.5) is 0 Å². The van der Waals surface area contributed by atoms with Gasteiger partial charge in [0.05, 0.1) is 31.6 Å². The molecule has 0 aliphatic carbocycles. The lowest BCUT2D eigenvalue weighted by molar-refractivity contribution is 0.414. The lowest BCUT2D eigenvalue weighted by atomic mass is 9.98. The zero-order chi connectivity index (χ0) is 11.1. The van der Waals surface area contributed by atoms with Gasteiger partial charge in [0.2, 0.25) is 0 Å². The van der Waals surface area contributed by atoms with Crippen LogP contribution < -0.4 is 4.74 Å². The molecule has 1 rings (SSSR count). The van der Waals surface area contributed by atoms with Gasteiger partial charge in [-0.1, -0.05) is 12.1 Å². The lowest BCUT2D eigenvalue weighted by Crippen LogP contribution is -2.00. The van der Waals surface area contributed by atoms with Crippen molar-refractivity contribution in [1.82, 2.24) is 0 Å². The number of nitriles is 2. The van der Waals surface area contributed by atoms with Gasteiger partial charge in [-0.2, -0.15) is 10.5 Å². The fourth-order valence-electron chi connectivity index (χ4n) is 1.36. The van der Waals surface area contributed by atoms with Crippen LogP contribution in [0.1, 0.15) is 12.0 Å². The van der Waals surface area contributed by atoms with E-state index in [4.69, 9.17) is 15.3 Å². The Hall–Kier alpha value is -2.00. The first kappa shape index (κ1) is 11.1. The molecule has 0 bridgehead atoms. The van der Waals surface area contributed by atoms with Crippen molar-refractivity contribution in [2.24, 2.45) is 5.92 Å². The minimum atomic E-state index is -0.234. The van der Waals surface area contributed by atoms with Crippen molar-refractivity contribution in [2.45, 2.75) is 12.8 Å². The molecule has 1 aromatic carbocycles. The van der Waals surface area contributed by atoms with Gasteiger partial charge in [0.15, 0.2) is 0 Å². The van der Waals surface area contributed by atoms with Crippen LogP contribution in [0.3, 0.4) is 0 Å². The Morgan fingerprint density at radius 1 is 1.40 bits per heavy atom. The Bertz CT molecular complexity index is 401. The molecule has 0 fully saturated rings. The van der Waals surface area contributed by atoms with E-state index in [0.29, 0.717) is 6.42 Å². The highest BCUT2D eigenvalue weighted by molar-refractivity contribution is 5.29. The van der Waals surface area contributed by atoms with E-state index in [1.807, 2.05) is 30.3 Å². The summed E-state index contributed by atoms with van der Waals surface area (Å²) in [5, 5.41) is 17.3. The molecule has 0 spiro atoms. The number of hydrogen-bond acceptors (Lipinski definition) is 3. The maximum atomic E-state index is 8.81. The number of ether oxygens (including phenoxy) is 1. The molecule has 0 saturated heterocycles. The molecule has 0 amide bonds. The highest BCUT2D eigenvalue weighted by Gasteiger charge is 2.08. The highest BCUT2D eigenvalue weighted by Crippen LogP contribution is 2.16. The minimum Gasteiger partial charge on any atom is -0.497 e. The van der Waals surface area contributed by atoms with Gasteiger partial charge in [0.25, 0.3) is 0 Å². The minimum absolute atomic E-state index is 0.234. The Morgan fingerprint density at radius 3 is 2.80 bits per heavy atom.